The molecular weight excluding hydrogens is 318 g/mol. The molecule has 22 heavy (non-hydrogen) atoms. The van der Waals surface area contributed by atoms with Crippen molar-refractivity contribution in [1.82, 2.24) is 4.98 Å². The Labute approximate surface area is 133 Å². The summed E-state index contributed by atoms with van der Waals surface area (Å²) in [6, 6.07) is 7.75. The van der Waals surface area contributed by atoms with Crippen molar-refractivity contribution in [2.24, 2.45) is 0 Å². The lowest BCUT2D eigenvalue weighted by molar-refractivity contribution is 0.492. The standard InChI is InChI=1S/C16H15NO3S2/c1-3-5-14(22(18,19)20)10-12(2)15-11-13(7-8-17-15)16-6-4-9-21-16/h3-11H,1H2,2H3,(H,18,19,20)/b12-10+,14-5+. The summed E-state index contributed by atoms with van der Waals surface area (Å²) in [4.78, 5) is 5.14. The van der Waals surface area contributed by atoms with Crippen LogP contribution in [0.4, 0.5) is 0 Å². The van der Waals surface area contributed by atoms with E-state index in [-0.39, 0.29) is 4.91 Å². The molecule has 2 heterocycles. The van der Waals surface area contributed by atoms with Gasteiger partial charge in [-0.15, -0.1) is 11.3 Å². The van der Waals surface area contributed by atoms with Crippen LogP contribution >= 0.6 is 11.3 Å². The Morgan fingerprint density at radius 1 is 1.41 bits per heavy atom. The summed E-state index contributed by atoms with van der Waals surface area (Å²) in [5.41, 5.74) is 2.28. The van der Waals surface area contributed by atoms with Gasteiger partial charge in [-0.25, -0.2) is 0 Å². The first-order valence-corrected chi connectivity index (χ1v) is 8.72. The highest BCUT2D eigenvalue weighted by molar-refractivity contribution is 7.90. The summed E-state index contributed by atoms with van der Waals surface area (Å²) in [6.07, 6.45) is 5.59. The van der Waals surface area contributed by atoms with Crippen LogP contribution in [0.1, 0.15) is 12.6 Å². The molecule has 0 amide bonds. The SMILES string of the molecule is C=C/C=C(\C=C(/C)c1cc(-c2cccs2)ccn1)S(=O)(=O)O. The van der Waals surface area contributed by atoms with E-state index in [2.05, 4.69) is 11.6 Å². The van der Waals surface area contributed by atoms with Gasteiger partial charge < -0.3 is 0 Å². The number of thiophene rings is 1. The van der Waals surface area contributed by atoms with Crippen LogP contribution in [0.5, 0.6) is 0 Å². The van der Waals surface area contributed by atoms with Gasteiger partial charge in [0.1, 0.15) is 0 Å². The highest BCUT2D eigenvalue weighted by Gasteiger charge is 2.11. The number of nitrogens with zero attached hydrogens (tertiary/aromatic N) is 1. The topological polar surface area (TPSA) is 67.3 Å². The normalized spacial score (nSPS) is 13.2. The number of aromatic nitrogens is 1. The van der Waals surface area contributed by atoms with Crippen LogP contribution < -0.4 is 0 Å². The number of hydrogen-bond acceptors (Lipinski definition) is 4. The van der Waals surface area contributed by atoms with Gasteiger partial charge in [0.05, 0.1) is 10.6 Å². The molecule has 114 valence electrons. The van der Waals surface area contributed by atoms with Crippen LogP contribution in [-0.2, 0) is 10.1 Å². The average molecular weight is 333 g/mol. The molecule has 0 unspecified atom stereocenters. The minimum Gasteiger partial charge on any atom is -0.282 e. The van der Waals surface area contributed by atoms with Crippen molar-refractivity contribution in [3.63, 3.8) is 0 Å². The highest BCUT2D eigenvalue weighted by atomic mass is 32.2. The quantitative estimate of drug-likeness (QED) is 0.658. The molecule has 0 radical (unpaired) electrons. The third-order valence-electron chi connectivity index (χ3n) is 2.91. The van der Waals surface area contributed by atoms with Crippen molar-refractivity contribution in [2.45, 2.75) is 6.92 Å². The second-order valence-electron chi connectivity index (χ2n) is 4.51. The van der Waals surface area contributed by atoms with Gasteiger partial charge in [0.25, 0.3) is 10.1 Å². The van der Waals surface area contributed by atoms with E-state index in [9.17, 15) is 13.0 Å². The summed E-state index contributed by atoms with van der Waals surface area (Å²) in [5, 5.41) is 1.99. The summed E-state index contributed by atoms with van der Waals surface area (Å²) in [6.45, 7) is 5.19. The van der Waals surface area contributed by atoms with Gasteiger partial charge in [0.15, 0.2) is 0 Å². The second-order valence-corrected chi connectivity index (χ2v) is 6.88. The van der Waals surface area contributed by atoms with Crippen LogP contribution in [0.3, 0.4) is 0 Å². The molecular formula is C16H15NO3S2. The monoisotopic (exact) mass is 333 g/mol. The predicted octanol–water partition coefficient (Wildman–Crippen LogP) is 4.17. The zero-order valence-corrected chi connectivity index (χ0v) is 13.6. The molecule has 0 bridgehead atoms. The molecule has 2 rings (SSSR count). The largest absolute Gasteiger partial charge is 0.294 e. The van der Waals surface area contributed by atoms with E-state index >= 15 is 0 Å². The van der Waals surface area contributed by atoms with Crippen LogP contribution in [-0.4, -0.2) is 18.0 Å². The van der Waals surface area contributed by atoms with Crippen molar-refractivity contribution < 1.29 is 13.0 Å². The molecule has 0 saturated heterocycles. The zero-order valence-electron chi connectivity index (χ0n) is 11.9. The summed E-state index contributed by atoms with van der Waals surface area (Å²) < 4.78 is 31.8. The molecule has 6 heteroatoms. The summed E-state index contributed by atoms with van der Waals surface area (Å²) >= 11 is 1.61. The maximum absolute atomic E-state index is 11.3. The lowest BCUT2D eigenvalue weighted by Crippen LogP contribution is -2.00. The van der Waals surface area contributed by atoms with E-state index in [0.717, 1.165) is 10.4 Å². The predicted molar refractivity (Wildman–Crippen MR) is 91.0 cm³/mol. The minimum absolute atomic E-state index is 0.219. The second kappa shape index (κ2) is 6.83. The Kier molecular flexibility index (Phi) is 5.07. The van der Waals surface area contributed by atoms with E-state index < -0.39 is 10.1 Å². The molecule has 0 spiro atoms. The highest BCUT2D eigenvalue weighted by Crippen LogP contribution is 2.26. The Balaban J connectivity index is 2.43. The Hall–Kier alpha value is -2.02. The average Bonchev–Trinajstić information content (AvgIpc) is 3.00. The smallest absolute Gasteiger partial charge is 0.282 e. The first kappa shape index (κ1) is 16.4. The van der Waals surface area contributed by atoms with Crippen molar-refractivity contribution in [1.29, 1.82) is 0 Å². The molecule has 0 aromatic carbocycles. The Morgan fingerprint density at radius 3 is 2.77 bits per heavy atom. The van der Waals surface area contributed by atoms with E-state index in [1.54, 1.807) is 24.5 Å². The van der Waals surface area contributed by atoms with E-state index in [1.807, 2.05) is 29.6 Å². The maximum Gasteiger partial charge on any atom is 0.294 e. The molecule has 4 nitrogen and oxygen atoms in total. The van der Waals surface area contributed by atoms with Gasteiger partial charge in [0, 0.05) is 11.1 Å². The lowest BCUT2D eigenvalue weighted by atomic mass is 10.1. The van der Waals surface area contributed by atoms with Crippen LogP contribution in [0.2, 0.25) is 0 Å². The minimum atomic E-state index is -4.30. The Morgan fingerprint density at radius 2 is 2.18 bits per heavy atom. The van der Waals surface area contributed by atoms with E-state index in [0.29, 0.717) is 11.3 Å². The molecule has 2 aromatic rings. The van der Waals surface area contributed by atoms with Gasteiger partial charge in [-0.3, -0.25) is 9.54 Å². The first-order valence-electron chi connectivity index (χ1n) is 6.40. The molecule has 2 aromatic heterocycles. The van der Waals surface area contributed by atoms with Crippen molar-refractivity contribution in [2.75, 3.05) is 0 Å². The maximum atomic E-state index is 11.3. The third-order valence-corrected chi connectivity index (χ3v) is 4.68. The number of rotatable bonds is 5. The molecule has 0 aliphatic carbocycles. The molecule has 0 fully saturated rings. The fourth-order valence-corrected chi connectivity index (χ4v) is 3.17. The van der Waals surface area contributed by atoms with E-state index in [4.69, 9.17) is 0 Å². The molecule has 0 saturated carbocycles. The van der Waals surface area contributed by atoms with Crippen LogP contribution in [0, 0.1) is 0 Å². The zero-order chi connectivity index (χ0) is 16.2. The van der Waals surface area contributed by atoms with Gasteiger partial charge in [-0.2, -0.15) is 8.42 Å². The van der Waals surface area contributed by atoms with E-state index in [1.165, 1.54) is 18.2 Å². The van der Waals surface area contributed by atoms with Crippen molar-refractivity contribution in [3.8, 4) is 10.4 Å². The van der Waals surface area contributed by atoms with Crippen LogP contribution in [0.25, 0.3) is 16.0 Å². The fourth-order valence-electron chi connectivity index (χ4n) is 1.85. The lowest BCUT2D eigenvalue weighted by Gasteiger charge is -2.05. The van der Waals surface area contributed by atoms with Gasteiger partial charge in [-0.1, -0.05) is 18.7 Å². The number of pyridine rings is 1. The van der Waals surface area contributed by atoms with Gasteiger partial charge in [0.2, 0.25) is 0 Å². The molecule has 0 aliphatic rings. The number of allylic oxidation sites excluding steroid dienone is 4. The van der Waals surface area contributed by atoms with Gasteiger partial charge in [-0.05, 0) is 53.8 Å². The molecule has 1 N–H and O–H groups in total. The van der Waals surface area contributed by atoms with Gasteiger partial charge >= 0.3 is 0 Å². The third kappa shape index (κ3) is 4.00. The first-order chi connectivity index (χ1) is 10.4. The Bertz CT molecular complexity index is 832. The number of hydrogen-bond donors (Lipinski definition) is 1. The fraction of sp³-hybridized carbons (Fsp3) is 0.0625. The van der Waals surface area contributed by atoms with Crippen molar-refractivity contribution in [3.05, 3.63) is 71.2 Å². The summed E-state index contributed by atoms with van der Waals surface area (Å²) in [5.74, 6) is 0. The summed E-state index contributed by atoms with van der Waals surface area (Å²) in [7, 11) is -4.30. The van der Waals surface area contributed by atoms with Crippen molar-refractivity contribution >= 4 is 27.0 Å². The van der Waals surface area contributed by atoms with Crippen LogP contribution in [0.15, 0.2) is 65.6 Å². The molecule has 0 aliphatic heterocycles. The molecule has 0 atom stereocenters.